The second-order valence-electron chi connectivity index (χ2n) is 4.44. The molecule has 19 heavy (non-hydrogen) atoms. The Hall–Kier alpha value is -2.14. The van der Waals surface area contributed by atoms with E-state index in [0.717, 1.165) is 11.1 Å². The molecule has 96 valence electrons. The molecule has 0 aromatic heterocycles. The van der Waals surface area contributed by atoms with Crippen LogP contribution in [0.5, 0.6) is 0 Å². The number of fused-ring (bicyclic) bond motifs is 1. The Bertz CT molecular complexity index is 765. The third-order valence-electron chi connectivity index (χ3n) is 3.07. The van der Waals surface area contributed by atoms with Gasteiger partial charge in [0.1, 0.15) is 5.84 Å². The minimum atomic E-state index is -3.46. The predicted molar refractivity (Wildman–Crippen MR) is 75.2 cm³/mol. The molecular formula is C14H12N2O2S. The fourth-order valence-electron chi connectivity index (χ4n) is 2.18. The standard InChI is InChI=1S/C14H12N2O2S/c15-14-13-8-11(10-4-2-1-3-5-10)6-7-12(13)9-19(17,18)16-14/h1-8H,9H2,(H2,15,16). The van der Waals surface area contributed by atoms with Gasteiger partial charge in [-0.1, -0.05) is 42.5 Å². The summed E-state index contributed by atoms with van der Waals surface area (Å²) in [5.41, 5.74) is 9.20. The van der Waals surface area contributed by atoms with Crippen LogP contribution in [0.1, 0.15) is 11.1 Å². The number of rotatable bonds is 1. The Morgan fingerprint density at radius 1 is 1.00 bits per heavy atom. The first-order valence-corrected chi connectivity index (χ1v) is 7.43. The van der Waals surface area contributed by atoms with Crippen molar-refractivity contribution in [2.24, 2.45) is 10.1 Å². The van der Waals surface area contributed by atoms with Gasteiger partial charge in [0.15, 0.2) is 0 Å². The summed E-state index contributed by atoms with van der Waals surface area (Å²) >= 11 is 0. The number of hydrogen-bond acceptors (Lipinski definition) is 3. The maximum absolute atomic E-state index is 11.5. The summed E-state index contributed by atoms with van der Waals surface area (Å²) < 4.78 is 26.6. The first-order chi connectivity index (χ1) is 9.05. The topological polar surface area (TPSA) is 72.5 Å². The van der Waals surface area contributed by atoms with Crippen LogP contribution in [0, 0.1) is 0 Å². The van der Waals surface area contributed by atoms with Crippen LogP contribution in [0.3, 0.4) is 0 Å². The Morgan fingerprint density at radius 2 is 1.74 bits per heavy atom. The maximum Gasteiger partial charge on any atom is 0.259 e. The van der Waals surface area contributed by atoms with Crippen LogP contribution in [0.25, 0.3) is 11.1 Å². The fraction of sp³-hybridized carbons (Fsp3) is 0.0714. The van der Waals surface area contributed by atoms with Gasteiger partial charge in [0.2, 0.25) is 0 Å². The number of benzene rings is 2. The molecule has 0 amide bonds. The minimum absolute atomic E-state index is 0.0685. The molecular weight excluding hydrogens is 260 g/mol. The zero-order valence-corrected chi connectivity index (χ0v) is 10.9. The lowest BCUT2D eigenvalue weighted by Crippen LogP contribution is -2.23. The van der Waals surface area contributed by atoms with E-state index in [4.69, 9.17) is 5.73 Å². The first kappa shape index (κ1) is 11.9. The van der Waals surface area contributed by atoms with Crippen molar-refractivity contribution >= 4 is 15.9 Å². The Labute approximate surface area is 111 Å². The highest BCUT2D eigenvalue weighted by atomic mass is 32.2. The van der Waals surface area contributed by atoms with Gasteiger partial charge in [-0.3, -0.25) is 0 Å². The van der Waals surface area contributed by atoms with Crippen molar-refractivity contribution in [3.8, 4) is 11.1 Å². The number of amidine groups is 1. The van der Waals surface area contributed by atoms with E-state index in [1.807, 2.05) is 42.5 Å². The van der Waals surface area contributed by atoms with Crippen molar-refractivity contribution in [1.82, 2.24) is 0 Å². The number of nitrogens with two attached hydrogens (primary N) is 1. The van der Waals surface area contributed by atoms with Gasteiger partial charge < -0.3 is 5.73 Å². The maximum atomic E-state index is 11.5. The summed E-state index contributed by atoms with van der Waals surface area (Å²) in [5, 5.41) is 0. The molecule has 0 saturated carbocycles. The summed E-state index contributed by atoms with van der Waals surface area (Å²) in [7, 11) is -3.46. The van der Waals surface area contributed by atoms with E-state index in [9.17, 15) is 8.42 Å². The molecule has 1 aliphatic rings. The van der Waals surface area contributed by atoms with Gasteiger partial charge in [-0.25, -0.2) is 8.42 Å². The van der Waals surface area contributed by atoms with E-state index in [2.05, 4.69) is 4.40 Å². The Balaban J connectivity index is 2.14. The van der Waals surface area contributed by atoms with Crippen LogP contribution in [0.4, 0.5) is 0 Å². The molecule has 0 spiro atoms. The summed E-state index contributed by atoms with van der Waals surface area (Å²) in [6.07, 6.45) is 0. The van der Waals surface area contributed by atoms with Crippen LogP contribution >= 0.6 is 0 Å². The largest absolute Gasteiger partial charge is 0.383 e. The quantitative estimate of drug-likeness (QED) is 0.861. The van der Waals surface area contributed by atoms with Crippen LogP contribution in [0.15, 0.2) is 52.9 Å². The highest BCUT2D eigenvalue weighted by Gasteiger charge is 2.22. The van der Waals surface area contributed by atoms with Crippen LogP contribution in [0.2, 0.25) is 0 Å². The summed E-state index contributed by atoms with van der Waals surface area (Å²) in [6, 6.07) is 15.4. The first-order valence-electron chi connectivity index (χ1n) is 5.82. The van der Waals surface area contributed by atoms with Crippen LogP contribution < -0.4 is 5.73 Å². The van der Waals surface area contributed by atoms with E-state index in [1.165, 1.54) is 0 Å². The molecule has 2 aromatic rings. The summed E-state index contributed by atoms with van der Waals surface area (Å²) in [6.45, 7) is 0. The van der Waals surface area contributed by atoms with Crippen molar-refractivity contribution in [3.63, 3.8) is 0 Å². The molecule has 0 radical (unpaired) electrons. The number of nitrogens with zero attached hydrogens (tertiary/aromatic N) is 1. The van der Waals surface area contributed by atoms with Crippen molar-refractivity contribution in [1.29, 1.82) is 0 Å². The lowest BCUT2D eigenvalue weighted by Gasteiger charge is -2.15. The molecule has 5 heteroatoms. The second kappa shape index (κ2) is 4.20. The van der Waals surface area contributed by atoms with E-state index in [1.54, 1.807) is 6.07 Å². The van der Waals surface area contributed by atoms with Gasteiger partial charge in [-0.05, 0) is 22.8 Å². The number of sulfonamides is 1. The predicted octanol–water partition coefficient (Wildman–Crippen LogP) is 1.90. The lowest BCUT2D eigenvalue weighted by atomic mass is 9.99. The monoisotopic (exact) mass is 272 g/mol. The highest BCUT2D eigenvalue weighted by Crippen LogP contribution is 2.26. The minimum Gasteiger partial charge on any atom is -0.383 e. The van der Waals surface area contributed by atoms with Crippen molar-refractivity contribution in [3.05, 3.63) is 59.7 Å². The zero-order chi connectivity index (χ0) is 13.5. The normalized spacial score (nSPS) is 16.5. The van der Waals surface area contributed by atoms with Gasteiger partial charge in [-0.2, -0.15) is 0 Å². The smallest absolute Gasteiger partial charge is 0.259 e. The number of hydrogen-bond donors (Lipinski definition) is 1. The van der Waals surface area contributed by atoms with Crippen LogP contribution in [-0.4, -0.2) is 14.3 Å². The molecule has 3 rings (SSSR count). The van der Waals surface area contributed by atoms with Crippen LogP contribution in [-0.2, 0) is 15.8 Å². The van der Waals surface area contributed by atoms with E-state index in [-0.39, 0.29) is 11.6 Å². The molecule has 0 aliphatic carbocycles. The third-order valence-corrected chi connectivity index (χ3v) is 4.22. The van der Waals surface area contributed by atoms with Gasteiger partial charge in [0, 0.05) is 5.56 Å². The summed E-state index contributed by atoms with van der Waals surface area (Å²) in [4.78, 5) is 0. The molecule has 4 nitrogen and oxygen atoms in total. The fourth-order valence-corrected chi connectivity index (χ4v) is 3.29. The molecule has 0 unspecified atom stereocenters. The van der Waals surface area contributed by atoms with Crippen molar-refractivity contribution in [2.75, 3.05) is 0 Å². The average molecular weight is 272 g/mol. The molecule has 1 aliphatic heterocycles. The van der Waals surface area contributed by atoms with Crippen molar-refractivity contribution in [2.45, 2.75) is 5.75 Å². The SMILES string of the molecule is NC1=NS(=O)(=O)Cc2ccc(-c3ccccc3)cc21. The second-order valence-corrected chi connectivity index (χ2v) is 6.08. The third kappa shape index (κ3) is 2.24. The molecule has 1 heterocycles. The molecule has 2 aromatic carbocycles. The molecule has 0 saturated heterocycles. The molecule has 0 bridgehead atoms. The van der Waals surface area contributed by atoms with E-state index < -0.39 is 10.0 Å². The highest BCUT2D eigenvalue weighted by molar-refractivity contribution is 7.89. The molecule has 2 N–H and O–H groups in total. The van der Waals surface area contributed by atoms with Gasteiger partial charge in [0.05, 0.1) is 5.75 Å². The Morgan fingerprint density at radius 3 is 2.47 bits per heavy atom. The Kier molecular flexibility index (Phi) is 2.64. The van der Waals surface area contributed by atoms with E-state index >= 15 is 0 Å². The molecule has 0 fully saturated rings. The van der Waals surface area contributed by atoms with Gasteiger partial charge >= 0.3 is 0 Å². The summed E-state index contributed by atoms with van der Waals surface area (Å²) in [5.74, 6) is -0.0167. The van der Waals surface area contributed by atoms with Crippen molar-refractivity contribution < 1.29 is 8.42 Å². The molecule has 0 atom stereocenters. The van der Waals surface area contributed by atoms with Gasteiger partial charge in [0.25, 0.3) is 10.0 Å². The van der Waals surface area contributed by atoms with E-state index in [0.29, 0.717) is 11.1 Å². The lowest BCUT2D eigenvalue weighted by molar-refractivity contribution is 0.596. The zero-order valence-electron chi connectivity index (χ0n) is 10.1. The average Bonchev–Trinajstić information content (AvgIpc) is 2.38. The van der Waals surface area contributed by atoms with Gasteiger partial charge in [-0.15, -0.1) is 4.40 Å².